The number of carbonyl (C=O) groups is 1. The topological polar surface area (TPSA) is 106 Å². The number of methoxy groups -OCH3 is 1. The van der Waals surface area contributed by atoms with E-state index in [1.54, 1.807) is 7.11 Å². The Labute approximate surface area is 164 Å². The molecule has 1 saturated heterocycles. The van der Waals surface area contributed by atoms with Gasteiger partial charge in [0.05, 0.1) is 18.8 Å². The molecule has 8 heteroatoms. The number of nitrogens with zero attached hydrogens (tertiary/aromatic N) is 1. The Morgan fingerprint density at radius 1 is 1.36 bits per heavy atom. The average molecular weight is 389 g/mol. The van der Waals surface area contributed by atoms with Gasteiger partial charge in [-0.25, -0.2) is 4.79 Å². The van der Waals surface area contributed by atoms with Crippen molar-refractivity contribution in [2.24, 2.45) is 0 Å². The summed E-state index contributed by atoms with van der Waals surface area (Å²) in [5, 5.41) is 20.1. The molecule has 3 rings (SSSR count). The molecule has 8 nitrogen and oxygen atoms in total. The van der Waals surface area contributed by atoms with Crippen molar-refractivity contribution in [2.45, 2.75) is 44.9 Å². The maximum absolute atomic E-state index is 12.2. The van der Waals surface area contributed by atoms with Crippen LogP contribution in [-0.4, -0.2) is 54.8 Å². The Morgan fingerprint density at radius 3 is 2.75 bits per heavy atom. The molecule has 1 aliphatic heterocycles. The van der Waals surface area contributed by atoms with Crippen molar-refractivity contribution >= 4 is 6.09 Å². The summed E-state index contributed by atoms with van der Waals surface area (Å²) < 4.78 is 15.8. The van der Waals surface area contributed by atoms with E-state index >= 15 is 0 Å². The van der Waals surface area contributed by atoms with E-state index in [1.807, 2.05) is 38.1 Å². The number of carbonyl (C=O) groups excluding carboxylic acids is 1. The number of aliphatic hydroxyl groups is 1. The highest BCUT2D eigenvalue weighted by Crippen LogP contribution is 2.19. The van der Waals surface area contributed by atoms with Crippen LogP contribution in [0.5, 0.6) is 5.75 Å². The molecule has 3 atom stereocenters. The first-order valence-electron chi connectivity index (χ1n) is 9.38. The fourth-order valence-electron chi connectivity index (χ4n) is 3.45. The highest BCUT2D eigenvalue weighted by atomic mass is 16.6. The van der Waals surface area contributed by atoms with Crippen molar-refractivity contribution in [1.29, 1.82) is 0 Å². The van der Waals surface area contributed by atoms with Gasteiger partial charge >= 0.3 is 6.09 Å². The number of ether oxygens (including phenoxy) is 2. The van der Waals surface area contributed by atoms with E-state index in [1.165, 1.54) is 0 Å². The minimum absolute atomic E-state index is 0.156. The lowest BCUT2D eigenvalue weighted by molar-refractivity contribution is 0.0191. The zero-order chi connectivity index (χ0) is 20.1. The van der Waals surface area contributed by atoms with Crippen LogP contribution in [0.3, 0.4) is 0 Å². The summed E-state index contributed by atoms with van der Waals surface area (Å²) >= 11 is 0. The van der Waals surface area contributed by atoms with Crippen molar-refractivity contribution in [1.82, 2.24) is 15.8 Å². The Hall–Kier alpha value is -2.58. The second-order valence-electron chi connectivity index (χ2n) is 6.98. The lowest BCUT2D eigenvalue weighted by Crippen LogP contribution is -2.41. The van der Waals surface area contributed by atoms with Crippen LogP contribution in [0.2, 0.25) is 0 Å². The number of nitrogens with one attached hydrogen (secondary N) is 2. The molecular weight excluding hydrogens is 362 g/mol. The first kappa shape index (κ1) is 20.2. The molecule has 0 saturated carbocycles. The van der Waals surface area contributed by atoms with E-state index in [-0.39, 0.29) is 6.04 Å². The molecule has 3 N–H and O–H groups in total. The SMILES string of the molecule is COc1ccc(C[C@H]2NC[C@H](O)[C@H]2OC(=O)NCCc2c(C)noc2C)cc1. The van der Waals surface area contributed by atoms with Crippen LogP contribution >= 0.6 is 0 Å². The number of β-amino-alcohol motifs (C(OH)–C–C–N with tert-alkyl or cyclic N) is 1. The van der Waals surface area contributed by atoms with Crippen LogP contribution in [0.4, 0.5) is 4.79 Å². The largest absolute Gasteiger partial charge is 0.497 e. The number of benzene rings is 1. The number of rotatable bonds is 7. The van der Waals surface area contributed by atoms with E-state index in [4.69, 9.17) is 14.0 Å². The standard InChI is InChI=1S/C20H27N3O5/c1-12-16(13(2)28-23-12)8-9-21-20(25)27-19-17(22-11-18(19)24)10-14-4-6-15(26-3)7-5-14/h4-7,17-19,22,24H,8-11H2,1-3H3,(H,21,25)/t17-,18+,19+/m1/s1. The lowest BCUT2D eigenvalue weighted by atomic mass is 10.0. The molecule has 1 aliphatic rings. The fourth-order valence-corrected chi connectivity index (χ4v) is 3.45. The van der Waals surface area contributed by atoms with Gasteiger partial charge in [0.1, 0.15) is 23.7 Å². The van der Waals surface area contributed by atoms with Gasteiger partial charge in [0, 0.05) is 18.7 Å². The number of aromatic nitrogens is 1. The highest BCUT2D eigenvalue weighted by molar-refractivity contribution is 5.67. The summed E-state index contributed by atoms with van der Waals surface area (Å²) in [6.45, 7) is 4.51. The fraction of sp³-hybridized carbons (Fsp3) is 0.500. The molecule has 0 bridgehead atoms. The summed E-state index contributed by atoms with van der Waals surface area (Å²) in [6, 6.07) is 7.55. The van der Waals surface area contributed by atoms with Crippen molar-refractivity contribution in [2.75, 3.05) is 20.2 Å². The molecule has 2 heterocycles. The first-order chi connectivity index (χ1) is 13.5. The summed E-state index contributed by atoms with van der Waals surface area (Å²) in [4.78, 5) is 12.2. The number of hydrogen-bond donors (Lipinski definition) is 3. The van der Waals surface area contributed by atoms with Gasteiger partial charge in [-0.15, -0.1) is 0 Å². The van der Waals surface area contributed by atoms with Crippen molar-refractivity contribution in [3.63, 3.8) is 0 Å². The summed E-state index contributed by atoms with van der Waals surface area (Å²) in [5.41, 5.74) is 2.88. The summed E-state index contributed by atoms with van der Waals surface area (Å²) in [5.74, 6) is 1.54. The van der Waals surface area contributed by atoms with Crippen LogP contribution < -0.4 is 15.4 Å². The third-order valence-electron chi connectivity index (χ3n) is 5.05. The van der Waals surface area contributed by atoms with Gasteiger partial charge in [0.25, 0.3) is 0 Å². The lowest BCUT2D eigenvalue weighted by Gasteiger charge is -2.22. The van der Waals surface area contributed by atoms with Crippen molar-refractivity contribution in [3.8, 4) is 5.75 Å². The molecule has 0 spiro atoms. The minimum atomic E-state index is -0.739. The Balaban J connectivity index is 1.51. The van der Waals surface area contributed by atoms with Gasteiger partial charge in [0.2, 0.25) is 0 Å². The van der Waals surface area contributed by atoms with Crippen LogP contribution in [0, 0.1) is 13.8 Å². The van der Waals surface area contributed by atoms with E-state index in [0.29, 0.717) is 25.9 Å². The summed E-state index contributed by atoms with van der Waals surface area (Å²) in [6.07, 6.45) is -0.647. The van der Waals surface area contributed by atoms with Gasteiger partial charge in [0.15, 0.2) is 0 Å². The quantitative estimate of drug-likeness (QED) is 0.659. The molecular formula is C20H27N3O5. The monoisotopic (exact) mass is 389 g/mol. The Morgan fingerprint density at radius 2 is 2.11 bits per heavy atom. The third-order valence-corrected chi connectivity index (χ3v) is 5.05. The Kier molecular flexibility index (Phi) is 6.53. The van der Waals surface area contributed by atoms with Crippen LogP contribution in [-0.2, 0) is 17.6 Å². The van der Waals surface area contributed by atoms with Crippen molar-refractivity contribution in [3.05, 3.63) is 46.8 Å². The molecule has 28 heavy (non-hydrogen) atoms. The molecule has 0 radical (unpaired) electrons. The minimum Gasteiger partial charge on any atom is -0.497 e. The number of alkyl carbamates (subject to hydrolysis) is 1. The smallest absolute Gasteiger partial charge is 0.407 e. The van der Waals surface area contributed by atoms with Gasteiger partial charge in [-0.05, 0) is 44.4 Å². The molecule has 0 unspecified atom stereocenters. The van der Waals surface area contributed by atoms with E-state index in [2.05, 4.69) is 15.8 Å². The molecule has 1 aromatic carbocycles. The maximum atomic E-state index is 12.2. The second kappa shape index (κ2) is 9.07. The zero-order valence-electron chi connectivity index (χ0n) is 16.4. The van der Waals surface area contributed by atoms with Gasteiger partial charge < -0.3 is 29.7 Å². The highest BCUT2D eigenvalue weighted by Gasteiger charge is 2.37. The van der Waals surface area contributed by atoms with E-state index < -0.39 is 18.3 Å². The third kappa shape index (κ3) is 4.82. The van der Waals surface area contributed by atoms with Crippen LogP contribution in [0.25, 0.3) is 0 Å². The second-order valence-corrected chi connectivity index (χ2v) is 6.98. The van der Waals surface area contributed by atoms with Crippen LogP contribution in [0.1, 0.15) is 22.6 Å². The molecule has 2 aromatic rings. The zero-order valence-corrected chi connectivity index (χ0v) is 16.4. The number of aliphatic hydroxyl groups excluding tert-OH is 1. The van der Waals surface area contributed by atoms with Crippen LogP contribution in [0.15, 0.2) is 28.8 Å². The average Bonchev–Trinajstić information content (AvgIpc) is 3.19. The van der Waals surface area contributed by atoms with Gasteiger partial charge in [-0.1, -0.05) is 17.3 Å². The van der Waals surface area contributed by atoms with E-state index in [9.17, 15) is 9.90 Å². The molecule has 1 amide bonds. The van der Waals surface area contributed by atoms with Gasteiger partial charge in [-0.2, -0.15) is 0 Å². The number of aryl methyl sites for hydroxylation is 2. The van der Waals surface area contributed by atoms with Crippen molar-refractivity contribution < 1.29 is 23.9 Å². The molecule has 152 valence electrons. The molecule has 0 aliphatic carbocycles. The molecule has 1 aromatic heterocycles. The predicted octanol–water partition coefficient (Wildman–Crippen LogP) is 1.51. The normalized spacial score (nSPS) is 21.5. The molecule has 1 fully saturated rings. The maximum Gasteiger partial charge on any atom is 0.407 e. The Bertz CT molecular complexity index is 770. The van der Waals surface area contributed by atoms with Gasteiger partial charge in [-0.3, -0.25) is 0 Å². The number of amides is 1. The van der Waals surface area contributed by atoms with E-state index in [0.717, 1.165) is 28.3 Å². The first-order valence-corrected chi connectivity index (χ1v) is 9.38. The predicted molar refractivity (Wildman–Crippen MR) is 102 cm³/mol. The number of hydrogen-bond acceptors (Lipinski definition) is 7. The summed E-state index contributed by atoms with van der Waals surface area (Å²) in [7, 11) is 1.62.